The van der Waals surface area contributed by atoms with Gasteiger partial charge in [0.05, 0.1) is 56.4 Å². The van der Waals surface area contributed by atoms with Crippen molar-refractivity contribution in [3.05, 3.63) is 78.5 Å². The molecule has 1 aliphatic rings. The fourth-order valence-electron chi connectivity index (χ4n) is 4.28. The van der Waals surface area contributed by atoms with E-state index in [4.69, 9.17) is 23.7 Å². The minimum atomic E-state index is -0.784. The molecule has 10 heteroatoms. The van der Waals surface area contributed by atoms with Gasteiger partial charge in [-0.1, -0.05) is 29.5 Å². The maximum absolute atomic E-state index is 13.9. The standard InChI is InChI=1S/C27H28N2O7S/c1-7-36-26(31)23-15(2)28-27-29(24(23)17-10-8-9-11-19(17)33-4)25(30)22(37-27)14-18-20(34-5)12-16(32-3)13-21(18)35-6/h8-14,24H,7H2,1-6H3/b22-14+/t24-/m1/s1. The lowest BCUT2D eigenvalue weighted by atomic mass is 9.95. The van der Waals surface area contributed by atoms with Crippen molar-refractivity contribution in [3.63, 3.8) is 0 Å². The molecule has 1 atom stereocenters. The van der Waals surface area contributed by atoms with Crippen molar-refractivity contribution in [2.24, 2.45) is 4.99 Å². The molecule has 37 heavy (non-hydrogen) atoms. The molecule has 0 unspecified atom stereocenters. The van der Waals surface area contributed by atoms with Gasteiger partial charge >= 0.3 is 5.97 Å². The molecule has 1 aromatic heterocycles. The lowest BCUT2D eigenvalue weighted by molar-refractivity contribution is -0.139. The van der Waals surface area contributed by atoms with Gasteiger partial charge in [-0.25, -0.2) is 9.79 Å². The van der Waals surface area contributed by atoms with Gasteiger partial charge in [-0.05, 0) is 26.0 Å². The quantitative estimate of drug-likeness (QED) is 0.418. The molecular formula is C27H28N2O7S. The minimum Gasteiger partial charge on any atom is -0.496 e. The normalized spacial score (nSPS) is 15.1. The van der Waals surface area contributed by atoms with Gasteiger partial charge in [-0.15, -0.1) is 0 Å². The number of nitrogens with zero attached hydrogens (tertiary/aromatic N) is 2. The van der Waals surface area contributed by atoms with Crippen molar-refractivity contribution in [3.8, 4) is 23.0 Å². The summed E-state index contributed by atoms with van der Waals surface area (Å²) < 4.78 is 29.3. The number of rotatable bonds is 8. The molecule has 0 radical (unpaired) electrons. The summed E-state index contributed by atoms with van der Waals surface area (Å²) in [5.74, 6) is 1.51. The summed E-state index contributed by atoms with van der Waals surface area (Å²) in [4.78, 5) is 32.1. The third-order valence-electron chi connectivity index (χ3n) is 5.98. The average molecular weight is 525 g/mol. The maximum atomic E-state index is 13.9. The van der Waals surface area contributed by atoms with Crippen LogP contribution in [0.2, 0.25) is 0 Å². The van der Waals surface area contributed by atoms with Crippen LogP contribution in [0.15, 0.2) is 57.5 Å². The molecule has 3 aromatic rings. The lowest BCUT2D eigenvalue weighted by Gasteiger charge is -2.25. The van der Waals surface area contributed by atoms with Crippen LogP contribution in [-0.2, 0) is 9.53 Å². The Kier molecular flexibility index (Phi) is 7.68. The number of para-hydroxylation sites is 1. The molecule has 0 saturated carbocycles. The first-order valence-electron chi connectivity index (χ1n) is 11.5. The van der Waals surface area contributed by atoms with Crippen LogP contribution in [0.25, 0.3) is 6.08 Å². The van der Waals surface area contributed by atoms with Crippen LogP contribution in [0.1, 0.15) is 31.0 Å². The summed E-state index contributed by atoms with van der Waals surface area (Å²) in [6, 6.07) is 9.92. The first-order chi connectivity index (χ1) is 17.9. The number of benzene rings is 2. The summed E-state index contributed by atoms with van der Waals surface area (Å²) in [5.41, 5.74) is 1.65. The fraction of sp³-hybridized carbons (Fsp3) is 0.296. The largest absolute Gasteiger partial charge is 0.496 e. The van der Waals surface area contributed by atoms with E-state index >= 15 is 0 Å². The molecule has 0 saturated heterocycles. The Balaban J connectivity index is 2.02. The second-order valence-corrected chi connectivity index (χ2v) is 9.00. The maximum Gasteiger partial charge on any atom is 0.338 e. The summed E-state index contributed by atoms with van der Waals surface area (Å²) in [6.07, 6.45) is 1.70. The fourth-order valence-corrected chi connectivity index (χ4v) is 5.31. The molecule has 0 amide bonds. The molecule has 0 bridgehead atoms. The smallest absolute Gasteiger partial charge is 0.338 e. The number of carbonyl (C=O) groups is 1. The summed E-state index contributed by atoms with van der Waals surface area (Å²) in [5, 5.41) is 0. The summed E-state index contributed by atoms with van der Waals surface area (Å²) in [7, 11) is 6.16. The van der Waals surface area contributed by atoms with E-state index in [1.54, 1.807) is 52.3 Å². The van der Waals surface area contributed by atoms with E-state index in [-0.39, 0.29) is 17.7 Å². The topological polar surface area (TPSA) is 97.6 Å². The molecule has 0 spiro atoms. The van der Waals surface area contributed by atoms with Gasteiger partial charge in [-0.2, -0.15) is 0 Å². The number of fused-ring (bicyclic) bond motifs is 1. The Bertz CT molecular complexity index is 1530. The second kappa shape index (κ2) is 10.9. The van der Waals surface area contributed by atoms with Crippen LogP contribution >= 0.6 is 11.3 Å². The number of esters is 1. The van der Waals surface area contributed by atoms with Gasteiger partial charge < -0.3 is 23.7 Å². The zero-order valence-electron chi connectivity index (χ0n) is 21.5. The van der Waals surface area contributed by atoms with Crippen molar-refractivity contribution in [2.45, 2.75) is 19.9 Å². The predicted molar refractivity (Wildman–Crippen MR) is 139 cm³/mol. The van der Waals surface area contributed by atoms with Crippen molar-refractivity contribution in [1.82, 2.24) is 4.57 Å². The van der Waals surface area contributed by atoms with Crippen molar-refractivity contribution in [1.29, 1.82) is 0 Å². The molecule has 2 aromatic carbocycles. The SMILES string of the molecule is CCOC(=O)C1=C(C)N=c2s/c(=C/c3c(OC)cc(OC)cc3OC)c(=O)n2[C@@H]1c1ccccc1OC. The number of ether oxygens (including phenoxy) is 5. The van der Waals surface area contributed by atoms with Crippen LogP contribution in [0.3, 0.4) is 0 Å². The van der Waals surface area contributed by atoms with Gasteiger partial charge in [0, 0.05) is 17.7 Å². The number of hydrogen-bond acceptors (Lipinski definition) is 9. The lowest BCUT2D eigenvalue weighted by Crippen LogP contribution is -2.40. The van der Waals surface area contributed by atoms with Gasteiger partial charge in [0.2, 0.25) is 0 Å². The number of aromatic nitrogens is 1. The Morgan fingerprint density at radius 1 is 1.03 bits per heavy atom. The van der Waals surface area contributed by atoms with Crippen molar-refractivity contribution < 1.29 is 28.5 Å². The summed E-state index contributed by atoms with van der Waals surface area (Å²) in [6.45, 7) is 3.66. The average Bonchev–Trinajstić information content (AvgIpc) is 3.21. The highest BCUT2D eigenvalue weighted by Crippen LogP contribution is 2.36. The molecule has 1 aliphatic heterocycles. The van der Waals surface area contributed by atoms with E-state index in [1.165, 1.54) is 30.1 Å². The molecule has 194 valence electrons. The number of carbonyl (C=O) groups excluding carboxylic acids is 1. The van der Waals surface area contributed by atoms with E-state index in [0.717, 1.165) is 0 Å². The highest BCUT2D eigenvalue weighted by molar-refractivity contribution is 7.07. The first kappa shape index (κ1) is 26.0. The Morgan fingerprint density at radius 3 is 2.27 bits per heavy atom. The number of thiazole rings is 1. The number of methoxy groups -OCH3 is 4. The molecule has 0 aliphatic carbocycles. The van der Waals surface area contributed by atoms with Gasteiger partial charge in [0.25, 0.3) is 5.56 Å². The van der Waals surface area contributed by atoms with Gasteiger partial charge in [0.15, 0.2) is 4.80 Å². The molecule has 4 rings (SSSR count). The highest BCUT2D eigenvalue weighted by atomic mass is 32.1. The molecule has 9 nitrogen and oxygen atoms in total. The van der Waals surface area contributed by atoms with Gasteiger partial charge in [0.1, 0.15) is 29.0 Å². The van der Waals surface area contributed by atoms with Crippen molar-refractivity contribution >= 4 is 23.4 Å². The molecule has 2 heterocycles. The van der Waals surface area contributed by atoms with Crippen LogP contribution in [-0.4, -0.2) is 45.6 Å². The monoisotopic (exact) mass is 524 g/mol. The van der Waals surface area contributed by atoms with E-state index in [1.807, 2.05) is 18.2 Å². The number of allylic oxidation sites excluding steroid dienone is 1. The highest BCUT2D eigenvalue weighted by Gasteiger charge is 2.35. The predicted octanol–water partition coefficient (Wildman–Crippen LogP) is 2.83. The third-order valence-corrected chi connectivity index (χ3v) is 6.96. The van der Waals surface area contributed by atoms with E-state index in [0.29, 0.717) is 49.2 Å². The Labute approximate surface area is 217 Å². The van der Waals surface area contributed by atoms with Crippen LogP contribution in [0, 0.1) is 0 Å². The van der Waals surface area contributed by atoms with Crippen LogP contribution in [0.5, 0.6) is 23.0 Å². The van der Waals surface area contributed by atoms with Crippen LogP contribution in [0.4, 0.5) is 0 Å². The Morgan fingerprint density at radius 2 is 1.68 bits per heavy atom. The van der Waals surface area contributed by atoms with Crippen LogP contribution < -0.4 is 33.8 Å². The number of hydrogen-bond donors (Lipinski definition) is 0. The van der Waals surface area contributed by atoms with Gasteiger partial charge in [-0.3, -0.25) is 9.36 Å². The van der Waals surface area contributed by atoms with E-state index < -0.39 is 12.0 Å². The molecular weight excluding hydrogens is 496 g/mol. The minimum absolute atomic E-state index is 0.190. The second-order valence-electron chi connectivity index (χ2n) is 7.99. The third kappa shape index (κ3) is 4.72. The zero-order valence-corrected chi connectivity index (χ0v) is 22.3. The zero-order chi connectivity index (χ0) is 26.7. The summed E-state index contributed by atoms with van der Waals surface area (Å²) >= 11 is 1.21. The Hall–Kier alpha value is -4.05. The van der Waals surface area contributed by atoms with Crippen molar-refractivity contribution in [2.75, 3.05) is 35.0 Å². The van der Waals surface area contributed by atoms with E-state index in [2.05, 4.69) is 4.99 Å². The molecule has 0 N–H and O–H groups in total. The molecule has 0 fully saturated rings. The first-order valence-corrected chi connectivity index (χ1v) is 12.3. The van der Waals surface area contributed by atoms with E-state index in [9.17, 15) is 9.59 Å².